The molecule has 3 heterocycles. The van der Waals surface area contributed by atoms with E-state index in [0.29, 0.717) is 0 Å². The Morgan fingerprint density at radius 2 is 1.94 bits per heavy atom. The van der Waals surface area contributed by atoms with E-state index in [4.69, 9.17) is 4.74 Å². The van der Waals surface area contributed by atoms with E-state index in [1.165, 1.54) is 44.7 Å². The SMILES string of the molecule is C1CNC1.COc1cncc(N2CC3CC3C2)c1. The molecule has 0 bridgehead atoms. The quantitative estimate of drug-likeness (QED) is 0.860. The highest BCUT2D eigenvalue weighted by atomic mass is 16.5. The Bertz CT molecular complexity index is 392. The van der Waals surface area contributed by atoms with E-state index in [1.54, 1.807) is 13.3 Å². The number of hydrogen-bond donors (Lipinski definition) is 1. The van der Waals surface area contributed by atoms with Crippen molar-refractivity contribution in [3.05, 3.63) is 18.5 Å². The monoisotopic (exact) mass is 247 g/mol. The van der Waals surface area contributed by atoms with Gasteiger partial charge in [0, 0.05) is 19.2 Å². The normalized spacial score (nSPS) is 27.7. The topological polar surface area (TPSA) is 37.4 Å². The molecule has 98 valence electrons. The van der Waals surface area contributed by atoms with Crippen LogP contribution in [0.3, 0.4) is 0 Å². The molecule has 1 saturated carbocycles. The van der Waals surface area contributed by atoms with Gasteiger partial charge in [-0.3, -0.25) is 4.98 Å². The smallest absolute Gasteiger partial charge is 0.139 e. The van der Waals surface area contributed by atoms with Crippen molar-refractivity contribution in [1.82, 2.24) is 10.3 Å². The van der Waals surface area contributed by atoms with Crippen molar-refractivity contribution in [3.8, 4) is 5.75 Å². The minimum atomic E-state index is 0.850. The molecule has 0 amide bonds. The maximum Gasteiger partial charge on any atom is 0.139 e. The summed E-state index contributed by atoms with van der Waals surface area (Å²) in [4.78, 5) is 6.58. The summed E-state index contributed by atoms with van der Waals surface area (Å²) in [6.07, 6.45) is 6.50. The van der Waals surface area contributed by atoms with Crippen LogP contribution >= 0.6 is 0 Å². The molecule has 18 heavy (non-hydrogen) atoms. The largest absolute Gasteiger partial charge is 0.495 e. The van der Waals surface area contributed by atoms with Gasteiger partial charge >= 0.3 is 0 Å². The number of ether oxygens (including phenoxy) is 1. The number of anilines is 1. The predicted molar refractivity (Wildman–Crippen MR) is 72.1 cm³/mol. The summed E-state index contributed by atoms with van der Waals surface area (Å²) >= 11 is 0. The van der Waals surface area contributed by atoms with Crippen molar-refractivity contribution in [2.24, 2.45) is 11.8 Å². The van der Waals surface area contributed by atoms with Crippen LogP contribution in [0.25, 0.3) is 0 Å². The van der Waals surface area contributed by atoms with Gasteiger partial charge in [0.2, 0.25) is 0 Å². The molecule has 0 radical (unpaired) electrons. The number of fused-ring (bicyclic) bond motifs is 1. The summed E-state index contributed by atoms with van der Waals surface area (Å²) in [5.74, 6) is 2.77. The maximum atomic E-state index is 5.16. The van der Waals surface area contributed by atoms with E-state index in [1.807, 2.05) is 6.20 Å². The first-order valence-corrected chi connectivity index (χ1v) is 6.81. The number of pyridine rings is 1. The maximum absolute atomic E-state index is 5.16. The third-order valence-corrected chi connectivity index (χ3v) is 3.99. The number of nitrogens with one attached hydrogen (secondary N) is 1. The summed E-state index contributed by atoms with van der Waals surface area (Å²) in [5.41, 5.74) is 1.21. The Labute approximate surface area is 108 Å². The number of hydrogen-bond acceptors (Lipinski definition) is 4. The van der Waals surface area contributed by atoms with Crippen molar-refractivity contribution in [1.29, 1.82) is 0 Å². The minimum absolute atomic E-state index is 0.850. The highest BCUT2D eigenvalue weighted by Crippen LogP contribution is 2.46. The van der Waals surface area contributed by atoms with Gasteiger partial charge in [-0.1, -0.05) is 0 Å². The molecule has 3 fully saturated rings. The van der Waals surface area contributed by atoms with Crippen molar-refractivity contribution < 1.29 is 4.74 Å². The molecule has 1 aliphatic carbocycles. The molecule has 2 atom stereocenters. The minimum Gasteiger partial charge on any atom is -0.495 e. The highest BCUT2D eigenvalue weighted by molar-refractivity contribution is 5.50. The highest BCUT2D eigenvalue weighted by Gasteiger charge is 2.45. The van der Waals surface area contributed by atoms with Gasteiger partial charge in [-0.25, -0.2) is 0 Å². The van der Waals surface area contributed by atoms with Crippen LogP contribution in [0.1, 0.15) is 12.8 Å². The molecule has 1 aromatic heterocycles. The van der Waals surface area contributed by atoms with Gasteiger partial charge in [-0.05, 0) is 37.8 Å². The summed E-state index contributed by atoms with van der Waals surface area (Å²) in [6.45, 7) is 4.92. The van der Waals surface area contributed by atoms with E-state index in [-0.39, 0.29) is 0 Å². The van der Waals surface area contributed by atoms with E-state index in [0.717, 1.165) is 17.6 Å². The van der Waals surface area contributed by atoms with E-state index in [9.17, 15) is 0 Å². The van der Waals surface area contributed by atoms with Crippen LogP contribution in [0.15, 0.2) is 18.5 Å². The second-order valence-corrected chi connectivity index (χ2v) is 5.35. The summed E-state index contributed by atoms with van der Waals surface area (Å²) < 4.78 is 5.16. The number of methoxy groups -OCH3 is 1. The van der Waals surface area contributed by atoms with Crippen LogP contribution in [-0.4, -0.2) is 38.3 Å². The molecule has 4 nitrogen and oxygen atoms in total. The summed E-state index contributed by atoms with van der Waals surface area (Å²) in [7, 11) is 1.68. The first kappa shape index (κ1) is 11.8. The molecule has 0 spiro atoms. The van der Waals surface area contributed by atoms with Gasteiger partial charge in [0.05, 0.1) is 25.2 Å². The van der Waals surface area contributed by atoms with Crippen LogP contribution < -0.4 is 15.0 Å². The Morgan fingerprint density at radius 3 is 2.50 bits per heavy atom. The fourth-order valence-electron chi connectivity index (χ4n) is 2.48. The molecular formula is C14H21N3O. The van der Waals surface area contributed by atoms with Gasteiger partial charge in [-0.2, -0.15) is 0 Å². The number of nitrogens with zero attached hydrogens (tertiary/aromatic N) is 2. The molecule has 4 heteroatoms. The standard InChI is InChI=1S/C11H14N2O.C3H7N/c1-14-11-3-10(4-12-5-11)13-6-8-2-9(8)7-13;1-2-4-3-1/h3-5,8-9H,2,6-7H2,1H3;4H,1-3H2. The lowest BCUT2D eigenvalue weighted by Gasteiger charge is -2.19. The van der Waals surface area contributed by atoms with E-state index >= 15 is 0 Å². The fraction of sp³-hybridized carbons (Fsp3) is 0.643. The number of aromatic nitrogens is 1. The number of piperidine rings is 1. The first-order valence-electron chi connectivity index (χ1n) is 6.81. The fourth-order valence-corrected chi connectivity index (χ4v) is 2.48. The molecular weight excluding hydrogens is 226 g/mol. The molecule has 0 aromatic carbocycles. The van der Waals surface area contributed by atoms with E-state index in [2.05, 4.69) is 21.3 Å². The van der Waals surface area contributed by atoms with Crippen LogP contribution in [-0.2, 0) is 0 Å². The van der Waals surface area contributed by atoms with Crippen molar-refractivity contribution in [2.45, 2.75) is 12.8 Å². The van der Waals surface area contributed by atoms with Gasteiger partial charge < -0.3 is 15.0 Å². The van der Waals surface area contributed by atoms with Crippen LogP contribution in [0.5, 0.6) is 5.75 Å². The first-order chi connectivity index (χ1) is 8.86. The Kier molecular flexibility index (Phi) is 3.37. The molecule has 1 aromatic rings. The second-order valence-electron chi connectivity index (χ2n) is 5.35. The summed E-state index contributed by atoms with van der Waals surface area (Å²) in [6, 6.07) is 2.07. The third-order valence-electron chi connectivity index (χ3n) is 3.99. The zero-order valence-electron chi connectivity index (χ0n) is 10.9. The van der Waals surface area contributed by atoms with Gasteiger partial charge in [0.15, 0.2) is 0 Å². The van der Waals surface area contributed by atoms with Gasteiger partial charge in [0.1, 0.15) is 5.75 Å². The number of rotatable bonds is 2. The molecule has 2 aliphatic heterocycles. The van der Waals surface area contributed by atoms with Crippen LogP contribution in [0, 0.1) is 11.8 Å². The van der Waals surface area contributed by atoms with Crippen molar-refractivity contribution in [2.75, 3.05) is 38.2 Å². The lowest BCUT2D eigenvalue weighted by molar-refractivity contribution is 0.413. The molecule has 1 N–H and O–H groups in total. The van der Waals surface area contributed by atoms with E-state index < -0.39 is 0 Å². The average Bonchev–Trinajstić information content (AvgIpc) is 2.94. The van der Waals surface area contributed by atoms with Crippen molar-refractivity contribution in [3.63, 3.8) is 0 Å². The Morgan fingerprint density at radius 1 is 1.28 bits per heavy atom. The molecule has 3 aliphatic rings. The zero-order chi connectivity index (χ0) is 12.4. The second kappa shape index (κ2) is 5.14. The molecule has 2 saturated heterocycles. The van der Waals surface area contributed by atoms with Crippen molar-refractivity contribution >= 4 is 5.69 Å². The summed E-state index contributed by atoms with van der Waals surface area (Å²) in [5, 5.41) is 3.11. The predicted octanol–water partition coefficient (Wildman–Crippen LogP) is 1.53. The lowest BCUT2D eigenvalue weighted by Crippen LogP contribution is -2.29. The Balaban J connectivity index is 0.000000214. The van der Waals surface area contributed by atoms with Crippen LogP contribution in [0.2, 0.25) is 0 Å². The van der Waals surface area contributed by atoms with Gasteiger partial charge in [0.25, 0.3) is 0 Å². The molecule has 4 rings (SSSR count). The Hall–Kier alpha value is -1.29. The third kappa shape index (κ3) is 2.58. The average molecular weight is 247 g/mol. The van der Waals surface area contributed by atoms with Crippen LogP contribution in [0.4, 0.5) is 5.69 Å². The van der Waals surface area contributed by atoms with Gasteiger partial charge in [-0.15, -0.1) is 0 Å². The lowest BCUT2D eigenvalue weighted by atomic mass is 10.3. The zero-order valence-corrected chi connectivity index (χ0v) is 10.9. The molecule has 2 unspecified atom stereocenters.